The molecule has 0 unspecified atom stereocenters. The van der Waals surface area contributed by atoms with Crippen molar-refractivity contribution in [2.45, 2.75) is 23.7 Å². The SMILES string of the molecule is C=CCNS(=O)(=O)c1ccc(C(=O)N2CCC(c3nc4ccccc4s3)CC2)cc1. The number of aromatic nitrogens is 1. The lowest BCUT2D eigenvalue weighted by Crippen LogP contribution is -2.37. The third kappa shape index (κ3) is 4.30. The third-order valence-electron chi connectivity index (χ3n) is 5.27. The number of nitrogens with one attached hydrogen (secondary N) is 1. The van der Waals surface area contributed by atoms with Gasteiger partial charge in [0, 0.05) is 31.1 Å². The van der Waals surface area contributed by atoms with Gasteiger partial charge in [0.15, 0.2) is 0 Å². The van der Waals surface area contributed by atoms with Gasteiger partial charge in [-0.1, -0.05) is 18.2 Å². The van der Waals surface area contributed by atoms with Crippen LogP contribution >= 0.6 is 11.3 Å². The van der Waals surface area contributed by atoms with Gasteiger partial charge in [-0.15, -0.1) is 17.9 Å². The van der Waals surface area contributed by atoms with Gasteiger partial charge in [0.2, 0.25) is 10.0 Å². The van der Waals surface area contributed by atoms with Crippen molar-refractivity contribution in [3.05, 3.63) is 71.8 Å². The quantitative estimate of drug-likeness (QED) is 0.591. The Balaban J connectivity index is 1.39. The lowest BCUT2D eigenvalue weighted by Gasteiger charge is -2.31. The first-order valence-corrected chi connectivity index (χ1v) is 12.1. The Morgan fingerprint density at radius 3 is 2.53 bits per heavy atom. The predicted molar refractivity (Wildman–Crippen MR) is 119 cm³/mol. The smallest absolute Gasteiger partial charge is 0.253 e. The number of carbonyl (C=O) groups excluding carboxylic acids is 1. The molecular formula is C22H23N3O3S2. The van der Waals surface area contributed by atoms with Crippen LogP contribution in [0.3, 0.4) is 0 Å². The molecule has 156 valence electrons. The largest absolute Gasteiger partial charge is 0.339 e. The van der Waals surface area contributed by atoms with Crippen LogP contribution in [0.25, 0.3) is 10.2 Å². The molecule has 0 atom stereocenters. The van der Waals surface area contributed by atoms with E-state index in [2.05, 4.69) is 17.4 Å². The molecule has 1 aliphatic heterocycles. The van der Waals surface area contributed by atoms with E-state index in [1.807, 2.05) is 23.1 Å². The molecule has 2 heterocycles. The molecule has 1 aliphatic rings. The van der Waals surface area contributed by atoms with E-state index in [0.717, 1.165) is 23.4 Å². The van der Waals surface area contributed by atoms with E-state index in [1.54, 1.807) is 23.5 Å². The van der Waals surface area contributed by atoms with Crippen LogP contribution in [0.1, 0.15) is 34.1 Å². The maximum atomic E-state index is 12.9. The molecule has 6 nitrogen and oxygen atoms in total. The van der Waals surface area contributed by atoms with Crippen LogP contribution in [0.15, 0.2) is 66.1 Å². The van der Waals surface area contributed by atoms with Gasteiger partial charge in [-0.25, -0.2) is 18.1 Å². The lowest BCUT2D eigenvalue weighted by atomic mass is 9.97. The number of piperidine rings is 1. The molecule has 0 radical (unpaired) electrons. The van der Waals surface area contributed by atoms with Crippen molar-refractivity contribution < 1.29 is 13.2 Å². The van der Waals surface area contributed by atoms with Gasteiger partial charge in [0.05, 0.1) is 20.1 Å². The maximum Gasteiger partial charge on any atom is 0.253 e. The number of likely N-dealkylation sites (tertiary alicyclic amines) is 1. The number of fused-ring (bicyclic) bond motifs is 1. The summed E-state index contributed by atoms with van der Waals surface area (Å²) in [6.45, 7) is 5.00. The normalized spacial score (nSPS) is 15.4. The Bertz CT molecular complexity index is 1130. The van der Waals surface area contributed by atoms with Crippen molar-refractivity contribution in [1.29, 1.82) is 0 Å². The van der Waals surface area contributed by atoms with Crippen LogP contribution in [0, 0.1) is 0 Å². The summed E-state index contributed by atoms with van der Waals surface area (Å²) in [6, 6.07) is 14.2. The number of benzene rings is 2. The van der Waals surface area contributed by atoms with Gasteiger partial charge in [0.1, 0.15) is 0 Å². The number of para-hydroxylation sites is 1. The molecule has 1 aromatic heterocycles. The summed E-state index contributed by atoms with van der Waals surface area (Å²) >= 11 is 1.74. The highest BCUT2D eigenvalue weighted by molar-refractivity contribution is 7.89. The molecule has 0 saturated carbocycles. The van der Waals surface area contributed by atoms with Crippen molar-refractivity contribution in [1.82, 2.24) is 14.6 Å². The van der Waals surface area contributed by atoms with Gasteiger partial charge < -0.3 is 4.90 Å². The molecule has 1 amide bonds. The number of thiazole rings is 1. The van der Waals surface area contributed by atoms with E-state index < -0.39 is 10.0 Å². The fraction of sp³-hybridized carbons (Fsp3) is 0.273. The van der Waals surface area contributed by atoms with Crippen LogP contribution in [0.2, 0.25) is 0 Å². The molecule has 3 aromatic rings. The maximum absolute atomic E-state index is 12.9. The number of carbonyl (C=O) groups is 1. The minimum Gasteiger partial charge on any atom is -0.339 e. The predicted octanol–water partition coefficient (Wildman–Crippen LogP) is 3.78. The van der Waals surface area contributed by atoms with E-state index in [9.17, 15) is 13.2 Å². The van der Waals surface area contributed by atoms with Crippen molar-refractivity contribution in [3.8, 4) is 0 Å². The van der Waals surface area contributed by atoms with E-state index in [-0.39, 0.29) is 17.3 Å². The average Bonchev–Trinajstić information content (AvgIpc) is 3.22. The molecule has 1 fully saturated rings. The van der Waals surface area contributed by atoms with Gasteiger partial charge >= 0.3 is 0 Å². The molecule has 1 N–H and O–H groups in total. The second-order valence-electron chi connectivity index (χ2n) is 7.25. The summed E-state index contributed by atoms with van der Waals surface area (Å²) in [5, 5.41) is 1.14. The highest BCUT2D eigenvalue weighted by Crippen LogP contribution is 2.34. The van der Waals surface area contributed by atoms with E-state index in [4.69, 9.17) is 4.98 Å². The zero-order valence-corrected chi connectivity index (χ0v) is 18.1. The Hall–Kier alpha value is -2.55. The van der Waals surface area contributed by atoms with Crippen molar-refractivity contribution in [2.75, 3.05) is 19.6 Å². The van der Waals surface area contributed by atoms with Crippen LogP contribution in [-0.4, -0.2) is 43.8 Å². The summed E-state index contributed by atoms with van der Waals surface area (Å²) in [5.41, 5.74) is 1.53. The first kappa shape index (κ1) is 20.7. The molecule has 0 spiro atoms. The Morgan fingerprint density at radius 1 is 1.17 bits per heavy atom. The first-order chi connectivity index (χ1) is 14.5. The Morgan fingerprint density at radius 2 is 1.87 bits per heavy atom. The molecule has 1 saturated heterocycles. The minimum atomic E-state index is -3.59. The van der Waals surface area contributed by atoms with Crippen LogP contribution in [0.4, 0.5) is 0 Å². The minimum absolute atomic E-state index is 0.0688. The Kier molecular flexibility index (Phi) is 5.99. The summed E-state index contributed by atoms with van der Waals surface area (Å²) in [6.07, 6.45) is 3.24. The van der Waals surface area contributed by atoms with E-state index >= 15 is 0 Å². The molecule has 0 bridgehead atoms. The molecule has 2 aromatic carbocycles. The van der Waals surface area contributed by atoms with Gasteiger partial charge in [-0.05, 0) is 49.2 Å². The topological polar surface area (TPSA) is 79.4 Å². The first-order valence-electron chi connectivity index (χ1n) is 9.83. The highest BCUT2D eigenvalue weighted by atomic mass is 32.2. The molecule has 30 heavy (non-hydrogen) atoms. The van der Waals surface area contributed by atoms with Crippen molar-refractivity contribution in [3.63, 3.8) is 0 Å². The molecule has 0 aliphatic carbocycles. The van der Waals surface area contributed by atoms with Gasteiger partial charge in [-0.2, -0.15) is 0 Å². The number of amides is 1. The highest BCUT2D eigenvalue weighted by Gasteiger charge is 2.26. The number of hydrogen-bond acceptors (Lipinski definition) is 5. The molecule has 4 rings (SSSR count). The van der Waals surface area contributed by atoms with Crippen molar-refractivity contribution in [2.24, 2.45) is 0 Å². The standard InChI is InChI=1S/C22H23N3O3S2/c1-2-13-23-30(27,28)18-9-7-17(8-10-18)22(26)25-14-11-16(12-15-25)21-24-19-5-3-4-6-20(19)29-21/h2-10,16,23H,1,11-15H2. The summed E-state index contributed by atoms with van der Waals surface area (Å²) in [5.74, 6) is 0.302. The second-order valence-corrected chi connectivity index (χ2v) is 10.1. The number of hydrogen-bond donors (Lipinski definition) is 1. The van der Waals surface area contributed by atoms with Crippen LogP contribution < -0.4 is 4.72 Å². The molecular weight excluding hydrogens is 418 g/mol. The number of nitrogens with zero attached hydrogens (tertiary/aromatic N) is 2. The molecule has 8 heteroatoms. The zero-order chi connectivity index (χ0) is 21.1. The number of rotatable bonds is 6. The van der Waals surface area contributed by atoms with Gasteiger partial charge in [-0.3, -0.25) is 4.79 Å². The van der Waals surface area contributed by atoms with Crippen LogP contribution in [0.5, 0.6) is 0 Å². The fourth-order valence-electron chi connectivity index (χ4n) is 3.61. The Labute approximate surface area is 180 Å². The average molecular weight is 442 g/mol. The van der Waals surface area contributed by atoms with Crippen molar-refractivity contribution >= 4 is 37.5 Å². The lowest BCUT2D eigenvalue weighted by molar-refractivity contribution is 0.0713. The fourth-order valence-corrected chi connectivity index (χ4v) is 5.74. The third-order valence-corrected chi connectivity index (χ3v) is 7.91. The summed E-state index contributed by atoms with van der Waals surface area (Å²) in [4.78, 5) is 19.6. The zero-order valence-electron chi connectivity index (χ0n) is 16.5. The van der Waals surface area contributed by atoms with Gasteiger partial charge in [0.25, 0.3) is 5.91 Å². The van der Waals surface area contributed by atoms with E-state index in [0.29, 0.717) is 24.6 Å². The van der Waals surface area contributed by atoms with Crippen LogP contribution in [-0.2, 0) is 10.0 Å². The second kappa shape index (κ2) is 8.67. The summed E-state index contributed by atoms with van der Waals surface area (Å²) in [7, 11) is -3.59. The van der Waals surface area contributed by atoms with E-state index in [1.165, 1.54) is 22.9 Å². The number of sulfonamides is 1. The monoisotopic (exact) mass is 441 g/mol. The summed E-state index contributed by atoms with van der Waals surface area (Å²) < 4.78 is 27.9.